The van der Waals surface area contributed by atoms with Crippen LogP contribution in [-0.2, 0) is 9.98 Å². The van der Waals surface area contributed by atoms with Crippen molar-refractivity contribution in [3.8, 4) is 33.6 Å². The number of allylic oxidation sites excluding steroid dienone is 5. The van der Waals surface area contributed by atoms with Crippen molar-refractivity contribution in [2.75, 3.05) is 0 Å². The van der Waals surface area contributed by atoms with Crippen LogP contribution >= 0.6 is 7.14 Å². The molecule has 0 fully saturated rings. The van der Waals surface area contributed by atoms with Gasteiger partial charge in [0.2, 0.25) is 0 Å². The molecule has 4 nitrogen and oxygen atoms in total. The van der Waals surface area contributed by atoms with E-state index in [1.54, 1.807) is 0 Å². The summed E-state index contributed by atoms with van der Waals surface area (Å²) in [6.45, 7) is 2.03. The van der Waals surface area contributed by atoms with E-state index in [-0.39, 0.29) is 0 Å². The summed E-state index contributed by atoms with van der Waals surface area (Å²) in [4.78, 5) is 10.4. The van der Waals surface area contributed by atoms with Gasteiger partial charge in [-0.25, -0.2) is 9.97 Å². The highest BCUT2D eigenvalue weighted by atomic mass is 31.2. The number of nitrogens with zero attached hydrogens (tertiary/aromatic N) is 3. The molecule has 8 aromatic carbocycles. The van der Waals surface area contributed by atoms with E-state index in [4.69, 9.17) is 9.97 Å². The number of benzene rings is 8. The zero-order valence-electron chi connectivity index (χ0n) is 37.0. The van der Waals surface area contributed by atoms with E-state index >= 15 is 4.57 Å². The molecule has 0 radical (unpaired) electrons. The summed E-state index contributed by atoms with van der Waals surface area (Å²) in [7, 11) is -3.10. The highest BCUT2D eigenvalue weighted by molar-refractivity contribution is 7.85. The van der Waals surface area contributed by atoms with Crippen LogP contribution in [0.15, 0.2) is 224 Å². The lowest BCUT2D eigenvalue weighted by molar-refractivity contribution is 0.592. The van der Waals surface area contributed by atoms with Crippen molar-refractivity contribution in [2.24, 2.45) is 0 Å². The minimum atomic E-state index is -3.10. The Morgan fingerprint density at radius 3 is 1.79 bits per heavy atom. The Morgan fingerprint density at radius 2 is 1.12 bits per heavy atom. The molecule has 318 valence electrons. The van der Waals surface area contributed by atoms with Crippen LogP contribution in [0.5, 0.6) is 0 Å². The van der Waals surface area contributed by atoms with Crippen LogP contribution in [0.3, 0.4) is 0 Å². The SMILES string of the molecule is C/C=C\c1cn2c(-c3ccccc3)nc3ccc(-c4ccc5c(c4)C4(C6=C5CCC(c5ccc(P(=O)(c7ccccc7)c7ccccc7)cc5)=C6)c5ccccc5-c5ccccc54)cc3c2n1. The van der Waals surface area contributed by atoms with Crippen molar-refractivity contribution in [3.05, 3.63) is 258 Å². The first-order chi connectivity index (χ1) is 33.0. The molecule has 0 N–H and O–H groups in total. The number of aromatic nitrogens is 3. The highest BCUT2D eigenvalue weighted by Gasteiger charge is 2.53. The standard InChI is InChI=1S/C62H44N3OP/c1-2-16-46-40-65-60(42-17-6-3-7-18-42)64-59-36-31-43(37-54(59)61(65)63-46)45-30-35-53-52-34-29-44(38-57(52)62(58(53)39-45)55-25-14-12-23-50(55)51-24-13-15-26-56(51)62)41-27-32-49(33-28-41)67(66,47-19-8-4-9-20-47)48-21-10-5-11-22-48/h2-28,30-33,35-40H,29,34H2,1H3/b16-2-. The van der Waals surface area contributed by atoms with Crippen LogP contribution in [0.2, 0.25) is 0 Å². The van der Waals surface area contributed by atoms with Crippen molar-refractivity contribution >= 4 is 56.8 Å². The molecule has 0 aliphatic heterocycles. The van der Waals surface area contributed by atoms with Gasteiger partial charge in [0.05, 0.1) is 16.6 Å². The molecule has 3 aliphatic carbocycles. The third kappa shape index (κ3) is 5.89. The van der Waals surface area contributed by atoms with Crippen LogP contribution in [0.4, 0.5) is 0 Å². The minimum Gasteiger partial charge on any atom is -0.309 e. The summed E-state index contributed by atoms with van der Waals surface area (Å²) in [5, 5.41) is 3.54. The summed E-state index contributed by atoms with van der Waals surface area (Å²) < 4.78 is 17.4. The lowest BCUT2D eigenvalue weighted by Gasteiger charge is -2.33. The molecule has 0 amide bonds. The molecule has 13 rings (SSSR count). The van der Waals surface area contributed by atoms with Gasteiger partial charge in [-0.3, -0.25) is 4.40 Å². The van der Waals surface area contributed by atoms with E-state index in [2.05, 4.69) is 156 Å². The lowest BCUT2D eigenvalue weighted by atomic mass is 9.68. The Hall–Kier alpha value is -7.91. The van der Waals surface area contributed by atoms with Crippen molar-refractivity contribution in [2.45, 2.75) is 25.2 Å². The summed E-state index contributed by atoms with van der Waals surface area (Å²) in [5.74, 6) is 0.872. The lowest BCUT2D eigenvalue weighted by Crippen LogP contribution is -2.27. The third-order valence-corrected chi connectivity index (χ3v) is 17.4. The van der Waals surface area contributed by atoms with Gasteiger partial charge < -0.3 is 4.57 Å². The van der Waals surface area contributed by atoms with Gasteiger partial charge in [-0.2, -0.15) is 0 Å². The Balaban J connectivity index is 0.962. The number of fused-ring (bicyclic) bond motifs is 12. The summed E-state index contributed by atoms with van der Waals surface area (Å²) in [5.41, 5.74) is 18.6. The van der Waals surface area contributed by atoms with Gasteiger partial charge in [-0.15, -0.1) is 0 Å². The average molecular weight is 878 g/mol. The highest BCUT2D eigenvalue weighted by Crippen LogP contribution is 2.64. The fourth-order valence-electron chi connectivity index (χ4n) is 11.4. The maximum atomic E-state index is 15.3. The Kier molecular flexibility index (Phi) is 9.03. The zero-order chi connectivity index (χ0) is 44.7. The predicted octanol–water partition coefficient (Wildman–Crippen LogP) is 13.8. The summed E-state index contributed by atoms with van der Waals surface area (Å²) in [6, 6.07) is 70.7. The van der Waals surface area contributed by atoms with Crippen molar-refractivity contribution in [1.82, 2.24) is 14.4 Å². The average Bonchev–Trinajstić information content (AvgIpc) is 4.06. The third-order valence-electron chi connectivity index (χ3n) is 14.4. The van der Waals surface area contributed by atoms with Gasteiger partial charge in [-0.05, 0) is 111 Å². The van der Waals surface area contributed by atoms with Crippen LogP contribution in [0, 0.1) is 0 Å². The fourth-order valence-corrected chi connectivity index (χ4v) is 14.0. The van der Waals surface area contributed by atoms with Crippen LogP contribution in [0.1, 0.15) is 53.3 Å². The first-order valence-electron chi connectivity index (χ1n) is 23.2. The van der Waals surface area contributed by atoms with Crippen LogP contribution in [0.25, 0.3) is 67.4 Å². The summed E-state index contributed by atoms with van der Waals surface area (Å²) >= 11 is 0. The first kappa shape index (κ1) is 39.5. The van der Waals surface area contributed by atoms with Crippen molar-refractivity contribution < 1.29 is 4.57 Å². The fraction of sp³-hybridized carbons (Fsp3) is 0.0645. The molecule has 0 unspecified atom stereocenters. The maximum Gasteiger partial charge on any atom is 0.171 e. The Labute approximate surface area is 390 Å². The molecule has 0 saturated heterocycles. The molecule has 0 saturated carbocycles. The molecule has 1 spiro atoms. The van der Waals surface area contributed by atoms with Gasteiger partial charge in [0.1, 0.15) is 11.5 Å². The first-order valence-corrected chi connectivity index (χ1v) is 24.9. The van der Waals surface area contributed by atoms with Gasteiger partial charge in [-0.1, -0.05) is 194 Å². The monoisotopic (exact) mass is 877 g/mol. The van der Waals surface area contributed by atoms with E-state index in [0.717, 1.165) is 79.1 Å². The van der Waals surface area contributed by atoms with Gasteiger partial charge in [0, 0.05) is 33.1 Å². The number of rotatable bonds is 7. The van der Waals surface area contributed by atoms with E-state index in [1.807, 2.05) is 79.7 Å². The van der Waals surface area contributed by atoms with E-state index in [1.165, 1.54) is 50.1 Å². The quantitative estimate of drug-likeness (QED) is 0.150. The molecular weight excluding hydrogens is 834 g/mol. The van der Waals surface area contributed by atoms with Crippen LogP contribution in [-0.4, -0.2) is 14.4 Å². The van der Waals surface area contributed by atoms with E-state index in [9.17, 15) is 0 Å². The topological polar surface area (TPSA) is 47.3 Å². The zero-order valence-corrected chi connectivity index (χ0v) is 37.9. The molecule has 2 aromatic heterocycles. The largest absolute Gasteiger partial charge is 0.309 e. The number of hydrogen-bond acceptors (Lipinski definition) is 3. The van der Waals surface area contributed by atoms with E-state index < -0.39 is 12.6 Å². The van der Waals surface area contributed by atoms with Crippen molar-refractivity contribution in [1.29, 1.82) is 0 Å². The molecular formula is C62H44N3OP. The predicted molar refractivity (Wildman–Crippen MR) is 278 cm³/mol. The second kappa shape index (κ2) is 15.3. The molecule has 67 heavy (non-hydrogen) atoms. The molecule has 0 bridgehead atoms. The minimum absolute atomic E-state index is 0.503. The normalized spacial score (nSPS) is 14.7. The van der Waals surface area contributed by atoms with Gasteiger partial charge in [0.25, 0.3) is 0 Å². The molecule has 10 aromatic rings. The second-order valence-corrected chi connectivity index (χ2v) is 20.7. The van der Waals surface area contributed by atoms with Gasteiger partial charge in [0.15, 0.2) is 7.14 Å². The summed E-state index contributed by atoms with van der Waals surface area (Å²) in [6.07, 6.45) is 10.5. The molecule has 0 atom stereocenters. The Morgan fingerprint density at radius 1 is 0.537 bits per heavy atom. The molecule has 5 heteroatoms. The maximum absolute atomic E-state index is 15.3. The smallest absolute Gasteiger partial charge is 0.171 e. The number of hydrogen-bond donors (Lipinski definition) is 0. The van der Waals surface area contributed by atoms with Crippen LogP contribution < -0.4 is 15.9 Å². The molecule has 2 heterocycles. The van der Waals surface area contributed by atoms with E-state index in [0.29, 0.717) is 0 Å². The Bertz CT molecular complexity index is 3680. The van der Waals surface area contributed by atoms with Crippen molar-refractivity contribution in [3.63, 3.8) is 0 Å². The van der Waals surface area contributed by atoms with Gasteiger partial charge >= 0.3 is 0 Å². The molecule has 3 aliphatic rings. The second-order valence-electron chi connectivity index (χ2n) is 17.9. The number of imidazole rings is 1.